The molecule has 6 aromatic heterocycles. The fourth-order valence-corrected chi connectivity index (χ4v) is 8.19. The van der Waals surface area contributed by atoms with Crippen LogP contribution in [0.5, 0.6) is 0 Å². The fraction of sp³-hybridized carbons (Fsp3) is 0.231. The van der Waals surface area contributed by atoms with Crippen LogP contribution in [0.4, 0.5) is 17.2 Å². The fourth-order valence-electron chi connectivity index (χ4n) is 5.80. The van der Waals surface area contributed by atoms with Crippen LogP contribution in [0.2, 0.25) is 5.15 Å². The molecule has 0 saturated heterocycles. The molecule has 0 radical (unpaired) electrons. The molecule has 0 unspecified atom stereocenters. The molecule has 2 aromatic carbocycles. The number of benzene rings is 2. The SMILES string of the molecule is C.CN.CNc1cc(N(C)C)c2c(n1)sc1c(=O)n(-c3ccc(C)cc3)cnc12.Cc1ccc(-n2cnc3c(sc4nc(Cl)cc(N(C)C)c43)c2=O)cc1. The van der Waals surface area contributed by atoms with Gasteiger partial charge < -0.3 is 20.9 Å². The lowest BCUT2D eigenvalue weighted by Crippen LogP contribution is -2.17. The maximum absolute atomic E-state index is 13.1. The summed E-state index contributed by atoms with van der Waals surface area (Å²) >= 11 is 8.86. The van der Waals surface area contributed by atoms with Gasteiger partial charge in [-0.05, 0) is 51.2 Å². The Labute approximate surface area is 326 Å². The monoisotopic (exact) mass is 782 g/mol. The quantitative estimate of drug-likeness (QED) is 0.167. The minimum absolute atomic E-state index is 0. The summed E-state index contributed by atoms with van der Waals surface area (Å²) in [6, 6.07) is 19.4. The van der Waals surface area contributed by atoms with Gasteiger partial charge in [0.05, 0.1) is 33.5 Å². The van der Waals surface area contributed by atoms with Crippen LogP contribution in [0.15, 0.2) is 82.9 Å². The summed E-state index contributed by atoms with van der Waals surface area (Å²) in [6.45, 7) is 4.03. The number of nitrogens with two attached hydrogens (primary N) is 1. The normalized spacial score (nSPS) is 10.8. The van der Waals surface area contributed by atoms with Crippen LogP contribution >= 0.6 is 34.3 Å². The second kappa shape index (κ2) is 16.3. The van der Waals surface area contributed by atoms with Crippen LogP contribution in [0.1, 0.15) is 18.6 Å². The van der Waals surface area contributed by atoms with E-state index in [0.29, 0.717) is 25.6 Å². The predicted molar refractivity (Wildman–Crippen MR) is 231 cm³/mol. The van der Waals surface area contributed by atoms with Gasteiger partial charge in [0.15, 0.2) is 0 Å². The van der Waals surface area contributed by atoms with E-state index in [1.165, 1.54) is 29.7 Å². The van der Waals surface area contributed by atoms with Crippen LogP contribution in [0.25, 0.3) is 52.2 Å². The number of thiophene rings is 2. The Morgan fingerprint density at radius 3 is 1.50 bits per heavy atom. The average molecular weight is 783 g/mol. The van der Waals surface area contributed by atoms with Crippen molar-refractivity contribution < 1.29 is 0 Å². The zero-order valence-electron chi connectivity index (χ0n) is 30.6. The third kappa shape index (κ3) is 7.37. The van der Waals surface area contributed by atoms with Crippen LogP contribution in [0, 0.1) is 13.8 Å². The van der Waals surface area contributed by atoms with Gasteiger partial charge in [0.25, 0.3) is 11.1 Å². The van der Waals surface area contributed by atoms with Crippen molar-refractivity contribution in [3.63, 3.8) is 0 Å². The van der Waals surface area contributed by atoms with E-state index in [1.807, 2.05) is 113 Å². The van der Waals surface area contributed by atoms with E-state index >= 15 is 0 Å². The molecule has 15 heteroatoms. The average Bonchev–Trinajstić information content (AvgIpc) is 3.72. The molecular formula is C39H43ClN10O2S2. The third-order valence-corrected chi connectivity index (χ3v) is 10.8. The van der Waals surface area contributed by atoms with Crippen molar-refractivity contribution in [1.82, 2.24) is 29.1 Å². The molecule has 0 amide bonds. The molecule has 0 saturated carbocycles. The molecule has 8 aromatic rings. The molecule has 0 aliphatic heterocycles. The Morgan fingerprint density at radius 1 is 0.685 bits per heavy atom. The molecule has 8 rings (SSSR count). The van der Waals surface area contributed by atoms with E-state index in [4.69, 9.17) is 11.6 Å². The second-order valence-corrected chi connectivity index (χ2v) is 14.8. The summed E-state index contributed by atoms with van der Waals surface area (Å²) in [4.78, 5) is 49.8. The Morgan fingerprint density at radius 2 is 1.09 bits per heavy atom. The first kappa shape index (κ1) is 39.8. The molecule has 3 N–H and O–H groups in total. The van der Waals surface area contributed by atoms with E-state index in [1.54, 1.807) is 27.9 Å². The Kier molecular flexibility index (Phi) is 12.0. The smallest absolute Gasteiger partial charge is 0.275 e. The molecule has 0 fully saturated rings. The van der Waals surface area contributed by atoms with Crippen LogP contribution in [-0.4, -0.2) is 71.4 Å². The highest BCUT2D eigenvalue weighted by atomic mass is 35.5. The molecule has 0 aliphatic rings. The summed E-state index contributed by atoms with van der Waals surface area (Å²) in [5, 5.41) is 5.27. The van der Waals surface area contributed by atoms with E-state index in [0.717, 1.165) is 60.1 Å². The summed E-state index contributed by atoms with van der Waals surface area (Å²) in [5.41, 5.74) is 11.5. The lowest BCUT2D eigenvalue weighted by Gasteiger charge is -2.15. The number of rotatable bonds is 5. The van der Waals surface area contributed by atoms with Crippen LogP contribution in [-0.2, 0) is 0 Å². The summed E-state index contributed by atoms with van der Waals surface area (Å²) in [5.74, 6) is 0.770. The van der Waals surface area contributed by atoms with E-state index in [9.17, 15) is 9.59 Å². The topological polar surface area (TPSA) is 140 Å². The number of anilines is 3. The minimum atomic E-state index is -0.0994. The molecule has 0 spiro atoms. The van der Waals surface area contributed by atoms with Gasteiger partial charge in [0.1, 0.15) is 53.7 Å². The van der Waals surface area contributed by atoms with Gasteiger partial charge >= 0.3 is 0 Å². The maximum atomic E-state index is 13.1. The lowest BCUT2D eigenvalue weighted by atomic mass is 10.2. The first-order valence-electron chi connectivity index (χ1n) is 16.5. The number of nitrogens with one attached hydrogen (secondary N) is 1. The highest BCUT2D eigenvalue weighted by Gasteiger charge is 2.20. The van der Waals surface area contributed by atoms with Crippen molar-refractivity contribution in [3.8, 4) is 11.4 Å². The number of aromatic nitrogens is 6. The van der Waals surface area contributed by atoms with Gasteiger partial charge in [-0.1, -0.05) is 54.4 Å². The highest BCUT2D eigenvalue weighted by molar-refractivity contribution is 7.25. The highest BCUT2D eigenvalue weighted by Crippen LogP contribution is 2.38. The molecule has 54 heavy (non-hydrogen) atoms. The third-order valence-electron chi connectivity index (χ3n) is 8.48. The van der Waals surface area contributed by atoms with Crippen LogP contribution < -0.4 is 32.0 Å². The summed E-state index contributed by atoms with van der Waals surface area (Å²) in [6.07, 6.45) is 3.18. The van der Waals surface area contributed by atoms with Crippen molar-refractivity contribution in [2.45, 2.75) is 21.3 Å². The Bertz CT molecular complexity index is 2720. The molecular weight excluding hydrogens is 740 g/mol. The van der Waals surface area contributed by atoms with Gasteiger partial charge in [-0.3, -0.25) is 18.7 Å². The number of nitrogens with zero attached hydrogens (tertiary/aromatic N) is 8. The molecule has 0 aliphatic carbocycles. The summed E-state index contributed by atoms with van der Waals surface area (Å²) < 4.78 is 4.35. The number of fused-ring (bicyclic) bond motifs is 6. The van der Waals surface area contributed by atoms with Gasteiger partial charge in [0.2, 0.25) is 0 Å². The van der Waals surface area contributed by atoms with Crippen molar-refractivity contribution in [3.05, 3.63) is 110 Å². The molecule has 0 atom stereocenters. The zero-order valence-corrected chi connectivity index (χ0v) is 33.0. The van der Waals surface area contributed by atoms with E-state index in [2.05, 4.69) is 31.0 Å². The van der Waals surface area contributed by atoms with Crippen molar-refractivity contribution in [1.29, 1.82) is 0 Å². The summed E-state index contributed by atoms with van der Waals surface area (Å²) in [7, 11) is 11.2. The first-order chi connectivity index (χ1) is 25.4. The van der Waals surface area contributed by atoms with E-state index < -0.39 is 0 Å². The van der Waals surface area contributed by atoms with Crippen molar-refractivity contribution >= 4 is 92.3 Å². The number of halogens is 1. The number of hydrogen-bond acceptors (Lipinski definition) is 12. The van der Waals surface area contributed by atoms with Crippen LogP contribution in [0.3, 0.4) is 0 Å². The van der Waals surface area contributed by atoms with Gasteiger partial charge in [0, 0.05) is 41.3 Å². The standard InChI is InChI=1S/C19H19N5OS.C18H15ClN4OS.CH5N.CH4/c1-11-5-7-12(8-6-11)24-10-21-16-15-13(23(3)4)9-14(20-2)22-18(15)26-17(16)19(24)25;1-10-4-6-11(7-5-10)23-9-20-15-14-12(22(2)3)8-13(19)21-17(14)25-16(15)18(23)24;1-2;/h5-10H,1-4H3,(H,20,22);4-9H,1-3H3;2H2,1H3;1H4. The number of aryl methyl sites for hydroxylation is 2. The minimum Gasteiger partial charge on any atom is -0.377 e. The first-order valence-corrected chi connectivity index (χ1v) is 18.6. The number of pyridine rings is 2. The molecule has 280 valence electrons. The predicted octanol–water partition coefficient (Wildman–Crippen LogP) is 7.65. The Balaban J connectivity index is 0.000000195. The van der Waals surface area contributed by atoms with Gasteiger partial charge in [-0.2, -0.15) is 0 Å². The van der Waals surface area contributed by atoms with Gasteiger partial charge in [-0.25, -0.2) is 19.9 Å². The maximum Gasteiger partial charge on any atom is 0.275 e. The van der Waals surface area contributed by atoms with E-state index in [-0.39, 0.29) is 18.5 Å². The largest absolute Gasteiger partial charge is 0.377 e. The Hall–Kier alpha value is -5.41. The molecule has 0 bridgehead atoms. The number of hydrogen-bond donors (Lipinski definition) is 2. The zero-order chi connectivity index (χ0) is 38.1. The van der Waals surface area contributed by atoms with Gasteiger partial charge in [-0.15, -0.1) is 22.7 Å². The van der Waals surface area contributed by atoms with Crippen molar-refractivity contribution in [2.24, 2.45) is 5.73 Å². The molecule has 12 nitrogen and oxygen atoms in total. The lowest BCUT2D eigenvalue weighted by molar-refractivity contribution is 0.966. The second-order valence-electron chi connectivity index (χ2n) is 12.5. The van der Waals surface area contributed by atoms with Crippen molar-refractivity contribution in [2.75, 3.05) is 57.4 Å². The molecule has 6 heterocycles.